The van der Waals surface area contributed by atoms with Gasteiger partial charge in [0.1, 0.15) is 5.69 Å². The molecule has 0 N–H and O–H groups in total. The van der Waals surface area contributed by atoms with Crippen LogP contribution in [0.1, 0.15) is 10.4 Å². The fourth-order valence-corrected chi connectivity index (χ4v) is 3.26. The van der Waals surface area contributed by atoms with Crippen molar-refractivity contribution in [2.75, 3.05) is 0 Å². The van der Waals surface area contributed by atoms with E-state index in [0.29, 0.717) is 27.5 Å². The van der Waals surface area contributed by atoms with E-state index >= 15 is 0 Å². The zero-order chi connectivity index (χ0) is 20.4. The lowest BCUT2D eigenvalue weighted by Gasteiger charge is -2.08. The van der Waals surface area contributed by atoms with Crippen LogP contribution in [0.3, 0.4) is 0 Å². The van der Waals surface area contributed by atoms with Gasteiger partial charge in [0.05, 0.1) is 21.9 Å². The highest BCUT2D eigenvalue weighted by Gasteiger charge is 2.21. The van der Waals surface area contributed by atoms with E-state index in [-0.39, 0.29) is 5.69 Å². The molecule has 6 nitrogen and oxygen atoms in total. The normalized spacial score (nSPS) is 10.7. The summed E-state index contributed by atoms with van der Waals surface area (Å²) in [6.45, 7) is 0. The van der Waals surface area contributed by atoms with Gasteiger partial charge in [0.25, 0.3) is 5.69 Å². The predicted molar refractivity (Wildman–Crippen MR) is 111 cm³/mol. The van der Waals surface area contributed by atoms with Gasteiger partial charge < -0.3 is 0 Å². The van der Waals surface area contributed by atoms with Crippen LogP contribution in [-0.4, -0.2) is 21.0 Å². The highest BCUT2D eigenvalue weighted by atomic mass is 35.5. The number of carbonyl (C=O) groups is 1. The van der Waals surface area contributed by atoms with Crippen LogP contribution in [0, 0.1) is 10.1 Å². The van der Waals surface area contributed by atoms with Crippen molar-refractivity contribution in [2.45, 2.75) is 0 Å². The van der Waals surface area contributed by atoms with Crippen molar-refractivity contribution in [3.05, 3.63) is 99.6 Å². The third-order valence-electron chi connectivity index (χ3n) is 4.51. The molecule has 1 heterocycles. The summed E-state index contributed by atoms with van der Waals surface area (Å²) in [5, 5.41) is 16.2. The maximum absolute atomic E-state index is 12.1. The molecule has 0 atom stereocenters. The van der Waals surface area contributed by atoms with Crippen LogP contribution in [0.15, 0.2) is 78.9 Å². The molecule has 0 aliphatic carbocycles. The number of carbonyl (C=O) groups excluding carboxylic acids is 1. The molecule has 0 bridgehead atoms. The Labute approximate surface area is 171 Å². The Kier molecular flexibility index (Phi) is 4.93. The molecule has 0 aliphatic heterocycles. The van der Waals surface area contributed by atoms with Crippen molar-refractivity contribution < 1.29 is 9.72 Å². The molecule has 0 aliphatic rings. The van der Waals surface area contributed by atoms with Gasteiger partial charge >= 0.3 is 0 Å². The summed E-state index contributed by atoms with van der Waals surface area (Å²) < 4.78 is 1.70. The van der Waals surface area contributed by atoms with Crippen LogP contribution in [0.2, 0.25) is 5.02 Å². The molecule has 0 amide bonds. The first-order valence-electron chi connectivity index (χ1n) is 8.73. The van der Waals surface area contributed by atoms with Crippen molar-refractivity contribution in [3.63, 3.8) is 0 Å². The second kappa shape index (κ2) is 7.69. The van der Waals surface area contributed by atoms with Crippen molar-refractivity contribution in [2.24, 2.45) is 0 Å². The SMILES string of the molecule is O=Cc1c(-c2ccc([N+](=O)[O-])cc2)nn(-c2ccccc2)c1-c1ccc(Cl)cc1. The molecule has 4 aromatic rings. The highest BCUT2D eigenvalue weighted by molar-refractivity contribution is 6.30. The van der Waals surface area contributed by atoms with Crippen LogP contribution in [-0.2, 0) is 0 Å². The molecule has 1 aromatic heterocycles. The van der Waals surface area contributed by atoms with Gasteiger partial charge in [-0.1, -0.05) is 41.9 Å². The lowest BCUT2D eigenvalue weighted by Crippen LogP contribution is -1.99. The van der Waals surface area contributed by atoms with Gasteiger partial charge in [0, 0.05) is 28.3 Å². The van der Waals surface area contributed by atoms with E-state index in [1.165, 1.54) is 12.1 Å². The number of halogens is 1. The van der Waals surface area contributed by atoms with Gasteiger partial charge in [-0.15, -0.1) is 0 Å². The molecule has 4 rings (SSSR count). The summed E-state index contributed by atoms with van der Waals surface area (Å²) >= 11 is 6.02. The van der Waals surface area contributed by atoms with Gasteiger partial charge in [-0.25, -0.2) is 4.68 Å². The number of hydrogen-bond acceptors (Lipinski definition) is 4. The number of rotatable bonds is 5. The first-order chi connectivity index (χ1) is 14.1. The van der Waals surface area contributed by atoms with Crippen molar-refractivity contribution >= 4 is 23.6 Å². The molecule has 3 aromatic carbocycles. The Balaban J connectivity index is 1.96. The van der Waals surface area contributed by atoms with E-state index in [0.717, 1.165) is 17.5 Å². The number of nitrogens with zero attached hydrogens (tertiary/aromatic N) is 3. The molecular formula is C22H14ClN3O3. The molecule has 7 heteroatoms. The van der Waals surface area contributed by atoms with Crippen molar-refractivity contribution in [1.29, 1.82) is 0 Å². The minimum atomic E-state index is -0.466. The van der Waals surface area contributed by atoms with Crippen LogP contribution in [0.4, 0.5) is 5.69 Å². The van der Waals surface area contributed by atoms with Crippen molar-refractivity contribution in [1.82, 2.24) is 9.78 Å². The van der Waals surface area contributed by atoms with Gasteiger partial charge in [-0.05, 0) is 36.4 Å². The standard InChI is InChI=1S/C22H14ClN3O3/c23-17-10-6-16(7-11-17)22-20(14-27)21(15-8-12-19(13-9-15)26(28)29)24-25(22)18-4-2-1-3-5-18/h1-14H. The molecular weight excluding hydrogens is 390 g/mol. The third-order valence-corrected chi connectivity index (χ3v) is 4.76. The number of aromatic nitrogens is 2. The fraction of sp³-hybridized carbons (Fsp3) is 0. The molecule has 0 radical (unpaired) electrons. The average Bonchev–Trinajstić information content (AvgIpc) is 3.14. The highest BCUT2D eigenvalue weighted by Crippen LogP contribution is 2.34. The molecule has 0 saturated heterocycles. The van der Waals surface area contributed by atoms with Gasteiger partial charge in [-0.2, -0.15) is 5.10 Å². The van der Waals surface area contributed by atoms with E-state index in [2.05, 4.69) is 5.10 Å². The van der Waals surface area contributed by atoms with Crippen LogP contribution in [0.25, 0.3) is 28.2 Å². The maximum atomic E-state index is 12.1. The second-order valence-electron chi connectivity index (χ2n) is 6.29. The minimum absolute atomic E-state index is 0.0261. The monoisotopic (exact) mass is 403 g/mol. The quantitative estimate of drug-likeness (QED) is 0.247. The molecule has 142 valence electrons. The maximum Gasteiger partial charge on any atom is 0.269 e. The Morgan fingerprint density at radius 1 is 0.897 bits per heavy atom. The summed E-state index contributed by atoms with van der Waals surface area (Å²) in [5.74, 6) is 0. The number of para-hydroxylation sites is 1. The zero-order valence-electron chi connectivity index (χ0n) is 15.0. The van der Waals surface area contributed by atoms with E-state index in [1.54, 1.807) is 28.9 Å². The molecule has 0 fully saturated rings. The van der Waals surface area contributed by atoms with E-state index in [4.69, 9.17) is 11.6 Å². The van der Waals surface area contributed by atoms with Crippen LogP contribution >= 0.6 is 11.6 Å². The van der Waals surface area contributed by atoms with E-state index < -0.39 is 4.92 Å². The lowest BCUT2D eigenvalue weighted by molar-refractivity contribution is -0.384. The molecule has 29 heavy (non-hydrogen) atoms. The molecule has 0 spiro atoms. The zero-order valence-corrected chi connectivity index (χ0v) is 15.8. The largest absolute Gasteiger partial charge is 0.298 e. The lowest BCUT2D eigenvalue weighted by atomic mass is 10.0. The number of benzene rings is 3. The molecule has 0 unspecified atom stereocenters. The number of nitro groups is 1. The summed E-state index contributed by atoms with van der Waals surface area (Å²) in [7, 11) is 0. The number of hydrogen-bond donors (Lipinski definition) is 0. The second-order valence-corrected chi connectivity index (χ2v) is 6.72. The third kappa shape index (κ3) is 3.53. The van der Waals surface area contributed by atoms with E-state index in [9.17, 15) is 14.9 Å². The van der Waals surface area contributed by atoms with Crippen molar-refractivity contribution in [3.8, 4) is 28.2 Å². The Bertz CT molecular complexity index is 1180. The fourth-order valence-electron chi connectivity index (χ4n) is 3.14. The molecule has 0 saturated carbocycles. The average molecular weight is 404 g/mol. The number of nitro benzene ring substituents is 1. The Morgan fingerprint density at radius 3 is 2.10 bits per heavy atom. The Hall–Kier alpha value is -3.77. The smallest absolute Gasteiger partial charge is 0.269 e. The first-order valence-corrected chi connectivity index (χ1v) is 9.10. The van der Waals surface area contributed by atoms with Gasteiger partial charge in [-0.3, -0.25) is 14.9 Å². The summed E-state index contributed by atoms with van der Waals surface area (Å²) in [4.78, 5) is 22.6. The summed E-state index contributed by atoms with van der Waals surface area (Å²) in [5.41, 5.74) is 3.61. The number of aldehydes is 1. The summed E-state index contributed by atoms with van der Waals surface area (Å²) in [6.07, 6.45) is 0.757. The van der Waals surface area contributed by atoms with Crippen LogP contribution < -0.4 is 0 Å². The number of non-ortho nitro benzene ring substituents is 1. The predicted octanol–water partition coefficient (Wildman–Crippen LogP) is 5.58. The van der Waals surface area contributed by atoms with Crippen LogP contribution in [0.5, 0.6) is 0 Å². The minimum Gasteiger partial charge on any atom is -0.298 e. The van der Waals surface area contributed by atoms with E-state index in [1.807, 2.05) is 42.5 Å². The Morgan fingerprint density at radius 2 is 1.52 bits per heavy atom. The van der Waals surface area contributed by atoms with Gasteiger partial charge in [0.2, 0.25) is 0 Å². The van der Waals surface area contributed by atoms with Gasteiger partial charge in [0.15, 0.2) is 6.29 Å². The topological polar surface area (TPSA) is 78.0 Å². The first kappa shape index (κ1) is 18.6. The summed E-state index contributed by atoms with van der Waals surface area (Å²) in [6, 6.07) is 22.6.